The quantitative estimate of drug-likeness (QED) is 0.726. The Balaban J connectivity index is 1.66. The minimum Gasteiger partial charge on any atom is -0.370 e. The van der Waals surface area contributed by atoms with Crippen LogP contribution in [0.5, 0.6) is 0 Å². The van der Waals surface area contributed by atoms with Gasteiger partial charge in [-0.25, -0.2) is 9.97 Å². The van der Waals surface area contributed by atoms with Crippen LogP contribution >= 0.6 is 0 Å². The first kappa shape index (κ1) is 14.2. The molecular weight excluding hydrogens is 286 g/mol. The van der Waals surface area contributed by atoms with Crippen LogP contribution in [0.2, 0.25) is 0 Å². The summed E-state index contributed by atoms with van der Waals surface area (Å²) in [5.74, 6) is 0.966. The number of aromatic nitrogens is 2. The van der Waals surface area contributed by atoms with Crippen LogP contribution in [0.4, 0.5) is 5.82 Å². The van der Waals surface area contributed by atoms with Gasteiger partial charge in [0.25, 0.3) is 0 Å². The molecule has 0 amide bonds. The smallest absolute Gasteiger partial charge is 0.150 e. The first-order chi connectivity index (χ1) is 11.3. The van der Waals surface area contributed by atoms with Crippen LogP contribution in [-0.4, -0.2) is 29.7 Å². The number of aryl methyl sites for hydroxylation is 1. The highest BCUT2D eigenvalue weighted by molar-refractivity contribution is 5.76. The molecule has 1 aromatic heterocycles. The van der Waals surface area contributed by atoms with Crippen LogP contribution in [0.25, 0.3) is 11.0 Å². The van der Waals surface area contributed by atoms with Crippen molar-refractivity contribution in [3.63, 3.8) is 0 Å². The molecule has 2 heterocycles. The van der Waals surface area contributed by atoms with Crippen LogP contribution in [0.1, 0.15) is 17.4 Å². The summed E-state index contributed by atoms with van der Waals surface area (Å²) in [4.78, 5) is 11.8. The van der Waals surface area contributed by atoms with Gasteiger partial charge in [-0.3, -0.25) is 0 Å². The van der Waals surface area contributed by atoms with Gasteiger partial charge in [0.05, 0.1) is 23.3 Å². The molecule has 0 unspecified atom stereocenters. The lowest BCUT2D eigenvalue weighted by molar-refractivity contribution is 0.0395. The second-order valence-corrected chi connectivity index (χ2v) is 5.84. The molecule has 1 aliphatic heterocycles. The second-order valence-electron chi connectivity index (χ2n) is 5.84. The molecule has 0 radical (unpaired) electrons. The maximum Gasteiger partial charge on any atom is 0.150 e. The third kappa shape index (κ3) is 2.78. The Morgan fingerprint density at radius 1 is 0.957 bits per heavy atom. The Morgan fingerprint density at radius 2 is 1.65 bits per heavy atom. The molecule has 4 heteroatoms. The highest BCUT2D eigenvalue weighted by Crippen LogP contribution is 2.27. The second kappa shape index (κ2) is 5.97. The minimum atomic E-state index is 0.0811. The monoisotopic (exact) mass is 305 g/mol. The topological polar surface area (TPSA) is 38.2 Å². The van der Waals surface area contributed by atoms with Gasteiger partial charge in [-0.15, -0.1) is 0 Å². The molecule has 1 fully saturated rings. The van der Waals surface area contributed by atoms with E-state index in [1.54, 1.807) is 0 Å². The predicted octanol–water partition coefficient (Wildman–Crippen LogP) is 3.52. The van der Waals surface area contributed by atoms with Crippen LogP contribution in [-0.2, 0) is 4.74 Å². The lowest BCUT2D eigenvalue weighted by atomic mass is 10.1. The first-order valence-corrected chi connectivity index (χ1v) is 7.96. The molecule has 23 heavy (non-hydrogen) atoms. The summed E-state index contributed by atoms with van der Waals surface area (Å²) in [5.41, 5.74) is 4.07. The van der Waals surface area contributed by atoms with Gasteiger partial charge in [0.2, 0.25) is 0 Å². The van der Waals surface area contributed by atoms with E-state index in [9.17, 15) is 0 Å². The van der Waals surface area contributed by atoms with Crippen molar-refractivity contribution < 1.29 is 4.74 Å². The van der Waals surface area contributed by atoms with E-state index < -0.39 is 0 Å². The molecule has 1 aliphatic rings. The molecule has 0 aliphatic carbocycles. The molecule has 0 bridgehead atoms. The number of benzene rings is 2. The van der Waals surface area contributed by atoms with Crippen molar-refractivity contribution in [2.75, 3.05) is 24.6 Å². The molecule has 1 atom stereocenters. The number of morpholine rings is 1. The molecule has 0 saturated carbocycles. The van der Waals surface area contributed by atoms with Crippen molar-refractivity contribution in [2.24, 2.45) is 0 Å². The molecule has 0 N–H and O–H groups in total. The Bertz CT molecular complexity index is 819. The number of nitrogens with zero attached hydrogens (tertiary/aromatic N) is 3. The molecule has 3 aromatic rings. The predicted molar refractivity (Wildman–Crippen MR) is 91.6 cm³/mol. The van der Waals surface area contributed by atoms with Gasteiger partial charge in [0.15, 0.2) is 5.82 Å². The molecule has 4 nitrogen and oxygen atoms in total. The average Bonchev–Trinajstić information content (AvgIpc) is 2.62. The van der Waals surface area contributed by atoms with E-state index in [1.165, 1.54) is 5.56 Å². The van der Waals surface area contributed by atoms with Crippen LogP contribution in [0.15, 0.2) is 54.6 Å². The molecule has 1 saturated heterocycles. The summed E-state index contributed by atoms with van der Waals surface area (Å²) in [7, 11) is 0. The first-order valence-electron chi connectivity index (χ1n) is 7.96. The number of fused-ring (bicyclic) bond motifs is 1. The zero-order chi connectivity index (χ0) is 15.6. The van der Waals surface area contributed by atoms with E-state index in [0.717, 1.165) is 35.6 Å². The van der Waals surface area contributed by atoms with E-state index in [2.05, 4.69) is 29.2 Å². The molecular formula is C19H19N3O. The number of para-hydroxylation sites is 2. The summed E-state index contributed by atoms with van der Waals surface area (Å²) in [6.45, 7) is 4.38. The van der Waals surface area contributed by atoms with Gasteiger partial charge in [-0.1, -0.05) is 42.5 Å². The summed E-state index contributed by atoms with van der Waals surface area (Å²) in [5, 5.41) is 0. The SMILES string of the molecule is Cc1nc2ccccc2nc1N1CCO[C@@H](c2ccccc2)C1. The molecule has 4 rings (SSSR count). The number of anilines is 1. The lowest BCUT2D eigenvalue weighted by Gasteiger charge is -2.34. The van der Waals surface area contributed by atoms with Crippen molar-refractivity contribution in [1.82, 2.24) is 9.97 Å². The van der Waals surface area contributed by atoms with E-state index in [0.29, 0.717) is 6.61 Å². The number of hydrogen-bond donors (Lipinski definition) is 0. The largest absolute Gasteiger partial charge is 0.370 e. The third-order valence-corrected chi connectivity index (χ3v) is 4.26. The summed E-state index contributed by atoms with van der Waals surface area (Å²) < 4.78 is 5.95. The highest BCUT2D eigenvalue weighted by atomic mass is 16.5. The van der Waals surface area contributed by atoms with Crippen LogP contribution < -0.4 is 4.90 Å². The van der Waals surface area contributed by atoms with E-state index in [4.69, 9.17) is 14.7 Å². The Kier molecular flexibility index (Phi) is 3.67. The van der Waals surface area contributed by atoms with Crippen molar-refractivity contribution in [3.8, 4) is 0 Å². The third-order valence-electron chi connectivity index (χ3n) is 4.26. The Labute approximate surface area is 135 Å². The Morgan fingerprint density at radius 3 is 2.43 bits per heavy atom. The van der Waals surface area contributed by atoms with Crippen molar-refractivity contribution >= 4 is 16.9 Å². The van der Waals surface area contributed by atoms with E-state index in [1.807, 2.05) is 37.3 Å². The fraction of sp³-hybridized carbons (Fsp3) is 0.263. The van der Waals surface area contributed by atoms with E-state index in [-0.39, 0.29) is 6.10 Å². The molecule has 116 valence electrons. The van der Waals surface area contributed by atoms with Gasteiger partial charge in [0, 0.05) is 13.1 Å². The summed E-state index contributed by atoms with van der Waals surface area (Å²) in [6.07, 6.45) is 0.0811. The number of ether oxygens (including phenoxy) is 1. The van der Waals surface area contributed by atoms with Gasteiger partial charge in [-0.2, -0.15) is 0 Å². The maximum atomic E-state index is 5.95. The zero-order valence-corrected chi connectivity index (χ0v) is 13.1. The lowest BCUT2D eigenvalue weighted by Crippen LogP contribution is -2.39. The minimum absolute atomic E-state index is 0.0811. The van der Waals surface area contributed by atoms with Crippen molar-refractivity contribution in [3.05, 3.63) is 65.9 Å². The van der Waals surface area contributed by atoms with Crippen LogP contribution in [0, 0.1) is 6.92 Å². The van der Waals surface area contributed by atoms with Gasteiger partial charge in [-0.05, 0) is 24.6 Å². The van der Waals surface area contributed by atoms with E-state index >= 15 is 0 Å². The Hall–Kier alpha value is -2.46. The van der Waals surface area contributed by atoms with Gasteiger partial charge in [0.1, 0.15) is 6.10 Å². The van der Waals surface area contributed by atoms with Crippen molar-refractivity contribution in [2.45, 2.75) is 13.0 Å². The maximum absolute atomic E-state index is 5.95. The van der Waals surface area contributed by atoms with Crippen molar-refractivity contribution in [1.29, 1.82) is 0 Å². The molecule has 2 aromatic carbocycles. The zero-order valence-electron chi connectivity index (χ0n) is 13.1. The van der Waals surface area contributed by atoms with Gasteiger partial charge < -0.3 is 9.64 Å². The number of hydrogen-bond acceptors (Lipinski definition) is 4. The fourth-order valence-corrected chi connectivity index (χ4v) is 3.09. The average molecular weight is 305 g/mol. The summed E-state index contributed by atoms with van der Waals surface area (Å²) >= 11 is 0. The number of rotatable bonds is 2. The summed E-state index contributed by atoms with van der Waals surface area (Å²) in [6, 6.07) is 18.4. The highest BCUT2D eigenvalue weighted by Gasteiger charge is 2.24. The van der Waals surface area contributed by atoms with Crippen LogP contribution in [0.3, 0.4) is 0 Å². The van der Waals surface area contributed by atoms with Gasteiger partial charge >= 0.3 is 0 Å². The normalized spacial score (nSPS) is 18.3. The molecule has 0 spiro atoms. The standard InChI is InChI=1S/C19H19N3O/c1-14-19(21-17-10-6-5-9-16(17)20-14)22-11-12-23-18(13-22)15-7-3-2-4-8-15/h2-10,18H,11-13H2,1H3/t18-/m1/s1. The fourth-order valence-electron chi connectivity index (χ4n) is 3.09.